The number of nitrogens with one attached hydrogen (secondary N) is 1. The Balaban J connectivity index is 2.15. The van der Waals surface area contributed by atoms with Crippen LogP contribution in [0.4, 0.5) is 0 Å². The predicted octanol–water partition coefficient (Wildman–Crippen LogP) is 7.01. The van der Waals surface area contributed by atoms with Crippen LogP contribution in [0.25, 0.3) is 0 Å². The van der Waals surface area contributed by atoms with E-state index in [0.717, 1.165) is 12.8 Å². The normalized spacial score (nSPS) is 25.6. The number of rotatable bonds is 8. The lowest BCUT2D eigenvalue weighted by atomic mass is 9.70. The summed E-state index contributed by atoms with van der Waals surface area (Å²) < 4.78 is 0. The van der Waals surface area contributed by atoms with Crippen molar-refractivity contribution in [3.05, 3.63) is 59.4 Å². The fourth-order valence-electron chi connectivity index (χ4n) is 3.55. The van der Waals surface area contributed by atoms with Gasteiger partial charge in [0, 0.05) is 11.1 Å². The number of hydrogen-bond donors (Lipinski definition) is 1. The van der Waals surface area contributed by atoms with Crippen LogP contribution in [0.1, 0.15) is 79.6 Å². The Morgan fingerprint density at radius 1 is 1.16 bits per heavy atom. The molecule has 0 aromatic heterocycles. The molecule has 0 bridgehead atoms. The maximum atomic E-state index is 3.91. The lowest BCUT2D eigenvalue weighted by molar-refractivity contribution is 0.256. The van der Waals surface area contributed by atoms with Gasteiger partial charge in [-0.05, 0) is 51.5 Å². The first-order valence-corrected chi connectivity index (χ1v) is 10.1. The number of allylic oxidation sites excluding steroid dienone is 8. The SMILES string of the molecule is CCCCC/C(=C\CC1=C(C)CCC=C1)N[C@]1(C)C=CC=CC1(C)C. The minimum Gasteiger partial charge on any atom is -0.379 e. The minimum atomic E-state index is -0.0361. The lowest BCUT2D eigenvalue weighted by Gasteiger charge is -2.44. The highest BCUT2D eigenvalue weighted by molar-refractivity contribution is 5.32. The van der Waals surface area contributed by atoms with E-state index >= 15 is 0 Å². The molecule has 0 unspecified atom stereocenters. The Hall–Kier alpha value is -1.50. The van der Waals surface area contributed by atoms with Crippen molar-refractivity contribution in [2.45, 2.75) is 85.1 Å². The van der Waals surface area contributed by atoms with Crippen LogP contribution in [-0.2, 0) is 0 Å². The summed E-state index contributed by atoms with van der Waals surface area (Å²) in [6, 6.07) is 0. The number of hydrogen-bond acceptors (Lipinski definition) is 1. The third kappa shape index (κ3) is 5.23. The van der Waals surface area contributed by atoms with Crippen LogP contribution in [0.5, 0.6) is 0 Å². The van der Waals surface area contributed by atoms with E-state index in [4.69, 9.17) is 0 Å². The van der Waals surface area contributed by atoms with Crippen molar-refractivity contribution in [1.29, 1.82) is 0 Å². The summed E-state index contributed by atoms with van der Waals surface area (Å²) in [6.45, 7) is 11.5. The molecule has 138 valence electrons. The Morgan fingerprint density at radius 3 is 2.60 bits per heavy atom. The van der Waals surface area contributed by atoms with Gasteiger partial charge in [0.05, 0.1) is 5.54 Å². The molecule has 25 heavy (non-hydrogen) atoms. The summed E-state index contributed by atoms with van der Waals surface area (Å²) in [5, 5.41) is 3.91. The molecule has 0 amide bonds. The highest BCUT2D eigenvalue weighted by Gasteiger charge is 2.38. The van der Waals surface area contributed by atoms with Crippen molar-refractivity contribution < 1.29 is 0 Å². The maximum absolute atomic E-state index is 3.91. The molecule has 2 rings (SSSR count). The molecule has 0 radical (unpaired) electrons. The average Bonchev–Trinajstić information content (AvgIpc) is 2.57. The second-order valence-corrected chi connectivity index (χ2v) is 8.40. The van der Waals surface area contributed by atoms with Gasteiger partial charge in [-0.3, -0.25) is 0 Å². The monoisotopic (exact) mass is 339 g/mol. The molecule has 1 N–H and O–H groups in total. The molecule has 0 spiro atoms. The van der Waals surface area contributed by atoms with Crippen LogP contribution in [0.2, 0.25) is 0 Å². The summed E-state index contributed by atoms with van der Waals surface area (Å²) in [7, 11) is 0. The van der Waals surface area contributed by atoms with Crippen molar-refractivity contribution >= 4 is 0 Å². The van der Waals surface area contributed by atoms with Gasteiger partial charge in [-0.1, -0.05) is 81.7 Å². The molecule has 1 heteroatoms. The smallest absolute Gasteiger partial charge is 0.0613 e. The van der Waals surface area contributed by atoms with Crippen LogP contribution in [0, 0.1) is 5.41 Å². The topological polar surface area (TPSA) is 12.0 Å². The lowest BCUT2D eigenvalue weighted by Crippen LogP contribution is -2.51. The molecule has 0 aromatic carbocycles. The van der Waals surface area contributed by atoms with Crippen molar-refractivity contribution in [3.8, 4) is 0 Å². The molecule has 0 saturated carbocycles. The van der Waals surface area contributed by atoms with Crippen molar-refractivity contribution in [2.75, 3.05) is 0 Å². The first-order valence-electron chi connectivity index (χ1n) is 10.1. The molecule has 2 aliphatic rings. The van der Waals surface area contributed by atoms with Crippen molar-refractivity contribution in [1.82, 2.24) is 5.32 Å². The Bertz CT molecular complexity index is 598. The fourth-order valence-corrected chi connectivity index (χ4v) is 3.55. The van der Waals surface area contributed by atoms with Crippen molar-refractivity contribution in [2.24, 2.45) is 5.41 Å². The van der Waals surface area contributed by atoms with E-state index in [0.29, 0.717) is 0 Å². The van der Waals surface area contributed by atoms with Crippen LogP contribution in [-0.4, -0.2) is 5.54 Å². The average molecular weight is 340 g/mol. The van der Waals surface area contributed by atoms with Crippen LogP contribution < -0.4 is 5.32 Å². The van der Waals surface area contributed by atoms with Crippen LogP contribution in [0.15, 0.2) is 59.4 Å². The van der Waals surface area contributed by atoms with E-state index in [2.05, 4.69) is 82.5 Å². The maximum Gasteiger partial charge on any atom is 0.0613 e. The zero-order valence-corrected chi connectivity index (χ0v) is 17.0. The first kappa shape index (κ1) is 19.8. The molecule has 1 nitrogen and oxygen atoms in total. The molecule has 1 atom stereocenters. The van der Waals surface area contributed by atoms with Gasteiger partial charge in [-0.2, -0.15) is 0 Å². The van der Waals surface area contributed by atoms with Gasteiger partial charge >= 0.3 is 0 Å². The van der Waals surface area contributed by atoms with Gasteiger partial charge in [0.25, 0.3) is 0 Å². The predicted molar refractivity (Wildman–Crippen MR) is 112 cm³/mol. The molecule has 0 heterocycles. The van der Waals surface area contributed by atoms with Gasteiger partial charge in [-0.15, -0.1) is 0 Å². The first-order chi connectivity index (χ1) is 11.9. The summed E-state index contributed by atoms with van der Waals surface area (Å²) >= 11 is 0. The second kappa shape index (κ2) is 8.74. The zero-order chi connectivity index (χ0) is 18.3. The minimum absolute atomic E-state index is 0.0361. The van der Waals surface area contributed by atoms with E-state index in [1.165, 1.54) is 43.4 Å². The van der Waals surface area contributed by atoms with E-state index in [9.17, 15) is 0 Å². The van der Waals surface area contributed by atoms with Crippen molar-refractivity contribution in [3.63, 3.8) is 0 Å². The third-order valence-corrected chi connectivity index (χ3v) is 5.98. The molecule has 0 aromatic rings. The molecular formula is C24H37N. The Labute approximate surface area is 155 Å². The summed E-state index contributed by atoms with van der Waals surface area (Å²) in [6.07, 6.45) is 24.5. The van der Waals surface area contributed by atoms with Gasteiger partial charge < -0.3 is 5.32 Å². The molecule has 0 saturated heterocycles. The largest absolute Gasteiger partial charge is 0.379 e. The van der Waals surface area contributed by atoms with E-state index < -0.39 is 0 Å². The Kier molecular flexibility index (Phi) is 6.93. The number of unbranched alkanes of at least 4 members (excludes halogenated alkanes) is 2. The van der Waals surface area contributed by atoms with E-state index in [-0.39, 0.29) is 11.0 Å². The van der Waals surface area contributed by atoms with Gasteiger partial charge in [-0.25, -0.2) is 0 Å². The highest BCUT2D eigenvalue weighted by Crippen LogP contribution is 2.37. The van der Waals surface area contributed by atoms with E-state index in [1.54, 1.807) is 5.57 Å². The summed E-state index contributed by atoms with van der Waals surface area (Å²) in [5.74, 6) is 0. The van der Waals surface area contributed by atoms with Gasteiger partial charge in [0.1, 0.15) is 0 Å². The van der Waals surface area contributed by atoms with Gasteiger partial charge in [0.2, 0.25) is 0 Å². The quantitative estimate of drug-likeness (QED) is 0.469. The molecular weight excluding hydrogens is 302 g/mol. The van der Waals surface area contributed by atoms with Gasteiger partial charge in [0.15, 0.2) is 0 Å². The second-order valence-electron chi connectivity index (χ2n) is 8.40. The third-order valence-electron chi connectivity index (χ3n) is 5.98. The Morgan fingerprint density at radius 2 is 1.92 bits per heavy atom. The summed E-state index contributed by atoms with van der Waals surface area (Å²) in [5.41, 5.74) is 4.53. The van der Waals surface area contributed by atoms with Crippen LogP contribution >= 0.6 is 0 Å². The van der Waals surface area contributed by atoms with Crippen LogP contribution in [0.3, 0.4) is 0 Å². The molecule has 0 aliphatic heterocycles. The molecule has 2 aliphatic carbocycles. The highest BCUT2D eigenvalue weighted by atomic mass is 15.0. The standard InChI is InChI=1S/C24H37N/c1-6-7-8-15-22(17-16-21-14-10-9-13-20(21)2)25-24(5)19-12-11-18-23(24,3)4/h10-12,14,17-19,25H,6-9,13,15-16H2,1-5H3/b22-17+/t24-/m1/s1. The summed E-state index contributed by atoms with van der Waals surface area (Å²) in [4.78, 5) is 0. The fraction of sp³-hybridized carbons (Fsp3) is 0.583. The van der Waals surface area contributed by atoms with E-state index in [1.807, 2.05) is 0 Å². The molecule has 0 fully saturated rings. The zero-order valence-electron chi connectivity index (χ0n) is 17.0.